The summed E-state index contributed by atoms with van der Waals surface area (Å²) in [6.45, 7) is 1.74. The van der Waals surface area contributed by atoms with Crippen LogP contribution in [0.25, 0.3) is 22.6 Å². The standard InChI is InChI=1S/C21H16N2O3.Na.H/c1-2-19(24)26-18-10-9-13(14-7-5-11-22-20(14)18)12-16-15-6-3-4-8-17(15)23-21(16)25;;/h3-12H,2H2,1H3,(H,23,25);;. The van der Waals surface area contributed by atoms with Crippen LogP contribution in [0.1, 0.15) is 24.5 Å². The van der Waals surface area contributed by atoms with Crippen molar-refractivity contribution in [3.63, 3.8) is 0 Å². The van der Waals surface area contributed by atoms with Gasteiger partial charge in [-0.2, -0.15) is 0 Å². The number of aromatic nitrogens is 1. The van der Waals surface area contributed by atoms with Gasteiger partial charge in [-0.25, -0.2) is 0 Å². The van der Waals surface area contributed by atoms with E-state index in [1.165, 1.54) is 0 Å². The number of fused-ring (bicyclic) bond motifs is 2. The van der Waals surface area contributed by atoms with Gasteiger partial charge in [0.25, 0.3) is 5.91 Å². The molecule has 1 aromatic heterocycles. The van der Waals surface area contributed by atoms with Gasteiger partial charge in [0.1, 0.15) is 5.52 Å². The van der Waals surface area contributed by atoms with Gasteiger partial charge in [0.05, 0.1) is 0 Å². The van der Waals surface area contributed by atoms with Crippen molar-refractivity contribution in [3.8, 4) is 5.75 Å². The van der Waals surface area contributed by atoms with E-state index in [1.54, 1.807) is 19.2 Å². The third-order valence-electron chi connectivity index (χ3n) is 4.29. The molecule has 0 aliphatic carbocycles. The van der Waals surface area contributed by atoms with Crippen LogP contribution >= 0.6 is 0 Å². The number of amides is 1. The fraction of sp³-hybridized carbons (Fsp3) is 0.0952. The first-order chi connectivity index (χ1) is 12.7. The van der Waals surface area contributed by atoms with Crippen LogP contribution < -0.4 is 10.1 Å². The van der Waals surface area contributed by atoms with E-state index in [2.05, 4.69) is 10.3 Å². The summed E-state index contributed by atoms with van der Waals surface area (Å²) in [6.07, 6.45) is 3.79. The van der Waals surface area contributed by atoms with Crippen molar-refractivity contribution in [1.82, 2.24) is 4.98 Å². The quantitative estimate of drug-likeness (QED) is 0.333. The molecule has 0 radical (unpaired) electrons. The third kappa shape index (κ3) is 3.67. The number of hydrogen-bond acceptors (Lipinski definition) is 4. The topological polar surface area (TPSA) is 68.3 Å². The van der Waals surface area contributed by atoms with Crippen molar-refractivity contribution in [3.05, 3.63) is 65.9 Å². The molecule has 3 aromatic rings. The second-order valence-electron chi connectivity index (χ2n) is 5.94. The minimum atomic E-state index is -0.313. The first-order valence-corrected chi connectivity index (χ1v) is 8.38. The molecular formula is C21H17N2NaO3. The van der Waals surface area contributed by atoms with Gasteiger partial charge >= 0.3 is 35.5 Å². The predicted molar refractivity (Wildman–Crippen MR) is 108 cm³/mol. The van der Waals surface area contributed by atoms with Gasteiger partial charge in [0.15, 0.2) is 5.75 Å². The number of hydrogen-bond donors (Lipinski definition) is 1. The van der Waals surface area contributed by atoms with Crippen LogP contribution in [0.5, 0.6) is 5.75 Å². The minimum absolute atomic E-state index is 0. The monoisotopic (exact) mass is 368 g/mol. The van der Waals surface area contributed by atoms with Crippen molar-refractivity contribution >= 4 is 69.7 Å². The summed E-state index contributed by atoms with van der Waals surface area (Å²) in [5.74, 6) is -0.0252. The maximum absolute atomic E-state index is 12.4. The molecule has 130 valence electrons. The van der Waals surface area contributed by atoms with E-state index in [-0.39, 0.29) is 47.9 Å². The van der Waals surface area contributed by atoms with Crippen molar-refractivity contribution < 1.29 is 14.3 Å². The van der Waals surface area contributed by atoms with Crippen LogP contribution in [-0.4, -0.2) is 46.4 Å². The van der Waals surface area contributed by atoms with Crippen molar-refractivity contribution in [2.24, 2.45) is 0 Å². The molecule has 2 heterocycles. The van der Waals surface area contributed by atoms with Crippen LogP contribution in [0.15, 0.2) is 54.7 Å². The SMILES string of the molecule is CCC(=O)Oc1ccc(C=C2C(=O)Nc3ccccc32)c2cccnc12.[NaH]. The Morgan fingerprint density at radius 1 is 1.15 bits per heavy atom. The summed E-state index contributed by atoms with van der Waals surface area (Å²) in [5.41, 5.74) is 3.71. The third-order valence-corrected chi connectivity index (χ3v) is 4.29. The molecule has 0 saturated carbocycles. The van der Waals surface area contributed by atoms with Gasteiger partial charge in [-0.15, -0.1) is 0 Å². The van der Waals surface area contributed by atoms with Crippen molar-refractivity contribution in [2.45, 2.75) is 13.3 Å². The normalized spacial score (nSPS) is 13.8. The van der Waals surface area contributed by atoms with Crippen LogP contribution in [0, 0.1) is 0 Å². The molecule has 0 saturated heterocycles. The molecule has 0 fully saturated rings. The first kappa shape index (κ1) is 19.3. The van der Waals surface area contributed by atoms with Gasteiger partial charge in [-0.1, -0.05) is 37.3 Å². The molecule has 2 aromatic carbocycles. The molecule has 1 amide bonds. The van der Waals surface area contributed by atoms with Crippen LogP contribution in [0.3, 0.4) is 0 Å². The summed E-state index contributed by atoms with van der Waals surface area (Å²) in [5, 5.41) is 3.69. The maximum atomic E-state index is 12.4. The van der Waals surface area contributed by atoms with E-state index in [0.717, 1.165) is 22.2 Å². The van der Waals surface area contributed by atoms with E-state index in [4.69, 9.17) is 4.74 Å². The molecule has 0 unspecified atom stereocenters. The van der Waals surface area contributed by atoms with Gasteiger partial charge in [-0.05, 0) is 29.8 Å². The van der Waals surface area contributed by atoms with E-state index in [1.807, 2.05) is 48.5 Å². The summed E-state index contributed by atoms with van der Waals surface area (Å²) in [6, 6.07) is 14.9. The molecule has 27 heavy (non-hydrogen) atoms. The number of benzene rings is 2. The number of ether oxygens (including phenoxy) is 1. The summed E-state index contributed by atoms with van der Waals surface area (Å²) >= 11 is 0. The number of esters is 1. The second kappa shape index (κ2) is 8.05. The number of nitrogens with one attached hydrogen (secondary N) is 1. The molecule has 1 aliphatic heterocycles. The fourth-order valence-corrected chi connectivity index (χ4v) is 3.01. The van der Waals surface area contributed by atoms with E-state index in [9.17, 15) is 9.59 Å². The number of rotatable bonds is 3. The van der Waals surface area contributed by atoms with Crippen molar-refractivity contribution in [1.29, 1.82) is 0 Å². The van der Waals surface area contributed by atoms with E-state index in [0.29, 0.717) is 16.8 Å². The summed E-state index contributed by atoms with van der Waals surface area (Å²) in [7, 11) is 0. The second-order valence-corrected chi connectivity index (χ2v) is 5.94. The van der Waals surface area contributed by atoms with E-state index < -0.39 is 0 Å². The fourth-order valence-electron chi connectivity index (χ4n) is 3.01. The number of nitrogens with zero attached hydrogens (tertiary/aromatic N) is 1. The molecule has 1 N–H and O–H groups in total. The molecule has 4 rings (SSSR count). The van der Waals surface area contributed by atoms with Crippen LogP contribution in [-0.2, 0) is 9.59 Å². The number of anilines is 1. The van der Waals surface area contributed by atoms with Gasteiger partial charge in [-0.3, -0.25) is 14.6 Å². The Balaban J connectivity index is 0.00000210. The first-order valence-electron chi connectivity index (χ1n) is 8.38. The number of para-hydroxylation sites is 1. The Morgan fingerprint density at radius 3 is 2.78 bits per heavy atom. The van der Waals surface area contributed by atoms with Gasteiger partial charge in [0.2, 0.25) is 0 Å². The summed E-state index contributed by atoms with van der Waals surface area (Å²) < 4.78 is 5.38. The number of pyridine rings is 1. The summed E-state index contributed by atoms with van der Waals surface area (Å²) in [4.78, 5) is 28.4. The van der Waals surface area contributed by atoms with E-state index >= 15 is 0 Å². The molecular weight excluding hydrogens is 351 g/mol. The Labute approximate surface area is 178 Å². The molecule has 0 spiro atoms. The van der Waals surface area contributed by atoms with Crippen LogP contribution in [0.4, 0.5) is 5.69 Å². The zero-order valence-corrected chi connectivity index (χ0v) is 14.2. The molecule has 0 bridgehead atoms. The van der Waals surface area contributed by atoms with Crippen LogP contribution in [0.2, 0.25) is 0 Å². The molecule has 5 nitrogen and oxygen atoms in total. The zero-order chi connectivity index (χ0) is 18.1. The average molecular weight is 368 g/mol. The zero-order valence-electron chi connectivity index (χ0n) is 14.2. The Morgan fingerprint density at radius 2 is 1.96 bits per heavy atom. The molecule has 6 heteroatoms. The number of carbonyl (C=O) groups is 2. The number of carbonyl (C=O) groups excluding carboxylic acids is 2. The molecule has 0 atom stereocenters. The van der Waals surface area contributed by atoms with Gasteiger partial charge < -0.3 is 10.1 Å². The Bertz CT molecular complexity index is 1080. The molecule has 1 aliphatic rings. The Kier molecular flexibility index (Phi) is 5.75. The Hall–Kier alpha value is -2.47. The van der Waals surface area contributed by atoms with Gasteiger partial charge in [0, 0.05) is 34.8 Å². The predicted octanol–water partition coefficient (Wildman–Crippen LogP) is 3.39. The average Bonchev–Trinajstić information content (AvgIpc) is 2.99. The van der Waals surface area contributed by atoms with Crippen molar-refractivity contribution in [2.75, 3.05) is 5.32 Å².